The Morgan fingerprint density at radius 3 is 2.84 bits per heavy atom. The Kier molecular flexibility index (Phi) is 6.29. The first-order chi connectivity index (χ1) is 12.0. The molecule has 2 rings (SSSR count). The van der Waals surface area contributed by atoms with Gasteiger partial charge in [-0.15, -0.1) is 0 Å². The van der Waals surface area contributed by atoms with Crippen LogP contribution in [0.2, 0.25) is 0 Å². The molecule has 0 bridgehead atoms. The average Bonchev–Trinajstić information content (AvgIpc) is 2.89. The molecule has 136 valence electrons. The minimum Gasteiger partial charge on any atom is -0.488 e. The van der Waals surface area contributed by atoms with Gasteiger partial charge in [-0.2, -0.15) is 0 Å². The topological polar surface area (TPSA) is 88.1 Å². The number of hydrogen-bond donors (Lipinski definition) is 2. The highest BCUT2D eigenvalue weighted by Gasteiger charge is 2.34. The third-order valence-electron chi connectivity index (χ3n) is 3.43. The fourth-order valence-corrected chi connectivity index (χ4v) is 2.32. The molecule has 2 N–H and O–H groups in total. The summed E-state index contributed by atoms with van der Waals surface area (Å²) in [5, 5.41) is 11.8. The van der Waals surface area contributed by atoms with Gasteiger partial charge in [0, 0.05) is 18.3 Å². The monoisotopic (exact) mass is 356 g/mol. The molecule has 1 aliphatic rings. The molecule has 0 saturated heterocycles. The molecule has 0 unspecified atom stereocenters. The van der Waals surface area contributed by atoms with Gasteiger partial charge in [-0.05, 0) is 12.1 Å². The van der Waals surface area contributed by atoms with Crippen molar-refractivity contribution in [3.63, 3.8) is 0 Å². The van der Waals surface area contributed by atoms with E-state index in [0.717, 1.165) is 0 Å². The van der Waals surface area contributed by atoms with Crippen molar-refractivity contribution in [1.29, 1.82) is 0 Å². The van der Waals surface area contributed by atoms with Gasteiger partial charge in [-0.1, -0.05) is 6.07 Å². The highest BCUT2D eigenvalue weighted by Crippen LogP contribution is 2.25. The van der Waals surface area contributed by atoms with Crippen LogP contribution in [-0.4, -0.2) is 61.7 Å². The predicted octanol–water partition coefficient (Wildman–Crippen LogP) is 1.00. The zero-order valence-corrected chi connectivity index (χ0v) is 13.5. The summed E-state index contributed by atoms with van der Waals surface area (Å²) in [5.41, 5.74) is 0.536. The van der Waals surface area contributed by atoms with Crippen LogP contribution in [0.3, 0.4) is 0 Å². The second-order valence-corrected chi connectivity index (χ2v) is 5.15. The number of nitrogens with one attached hydrogen (secondary N) is 1. The zero-order valence-electron chi connectivity index (χ0n) is 13.5. The molecular weight excluding hydrogens is 338 g/mol. The smallest absolute Gasteiger partial charge is 0.337 e. The Balaban J connectivity index is 2.21. The lowest BCUT2D eigenvalue weighted by Gasteiger charge is -2.15. The molecule has 0 aromatic heterocycles. The number of ether oxygens (including phenoxy) is 2. The Labute approximate surface area is 142 Å². The van der Waals surface area contributed by atoms with Crippen LogP contribution in [-0.2, 0) is 14.3 Å². The number of methoxy groups -OCH3 is 1. The highest BCUT2D eigenvalue weighted by molar-refractivity contribution is 6.08. The molecule has 0 fully saturated rings. The maximum Gasteiger partial charge on any atom is 0.337 e. The SMILES string of the molecule is COC(=O)C1=C(Nc2cccc(OCC(F)F)c2)C(=O)N(CCO)C1. The molecular formula is C16H18F2N2O5. The van der Waals surface area contributed by atoms with Crippen molar-refractivity contribution >= 4 is 17.6 Å². The molecule has 1 heterocycles. The van der Waals surface area contributed by atoms with Crippen molar-refractivity contribution in [1.82, 2.24) is 4.90 Å². The number of esters is 1. The first kappa shape index (κ1) is 18.7. The van der Waals surface area contributed by atoms with Gasteiger partial charge < -0.3 is 24.8 Å². The molecule has 0 aliphatic carbocycles. The summed E-state index contributed by atoms with van der Waals surface area (Å²) in [7, 11) is 1.20. The molecule has 1 aromatic rings. The van der Waals surface area contributed by atoms with Gasteiger partial charge in [-0.25, -0.2) is 13.6 Å². The molecule has 0 saturated carbocycles. The molecule has 1 aliphatic heterocycles. The standard InChI is InChI=1S/C16H18F2N2O5/c1-24-16(23)12-8-20(5-6-21)15(22)14(12)19-10-3-2-4-11(7-10)25-9-13(17)18/h2-4,7,13,19,21H,5-6,8-9H2,1H3. The number of nitrogens with zero attached hydrogens (tertiary/aromatic N) is 1. The summed E-state index contributed by atoms with van der Waals surface area (Å²) in [6, 6.07) is 6.09. The molecule has 0 atom stereocenters. The van der Waals surface area contributed by atoms with Gasteiger partial charge in [0.1, 0.15) is 18.1 Å². The number of aliphatic hydroxyl groups is 1. The number of rotatable bonds is 8. The van der Waals surface area contributed by atoms with E-state index in [9.17, 15) is 18.4 Å². The quantitative estimate of drug-likeness (QED) is 0.676. The third kappa shape index (κ3) is 4.66. The van der Waals surface area contributed by atoms with Crippen LogP contribution in [0.25, 0.3) is 0 Å². The molecule has 1 aromatic carbocycles. The summed E-state index contributed by atoms with van der Waals surface area (Å²) < 4.78 is 34.1. The number of β-amino-alcohol motifs (C(OH)–C–C–N with tert-alkyl or cyclic N) is 1. The van der Waals surface area contributed by atoms with Gasteiger partial charge in [-0.3, -0.25) is 4.79 Å². The maximum atomic E-state index is 12.4. The summed E-state index contributed by atoms with van der Waals surface area (Å²) >= 11 is 0. The minimum atomic E-state index is -2.60. The summed E-state index contributed by atoms with van der Waals surface area (Å²) in [6.45, 7) is -0.911. The van der Waals surface area contributed by atoms with Crippen LogP contribution in [0.15, 0.2) is 35.5 Å². The van der Waals surface area contributed by atoms with Crippen LogP contribution >= 0.6 is 0 Å². The Morgan fingerprint density at radius 2 is 2.20 bits per heavy atom. The van der Waals surface area contributed by atoms with E-state index < -0.39 is 24.9 Å². The summed E-state index contributed by atoms with van der Waals surface area (Å²) in [6.07, 6.45) is -2.60. The van der Waals surface area contributed by atoms with Crippen LogP contribution in [0.1, 0.15) is 0 Å². The molecule has 0 spiro atoms. The Morgan fingerprint density at radius 1 is 1.44 bits per heavy atom. The number of anilines is 1. The molecule has 9 heteroatoms. The van der Waals surface area contributed by atoms with E-state index in [4.69, 9.17) is 9.84 Å². The number of aliphatic hydroxyl groups excluding tert-OH is 1. The van der Waals surface area contributed by atoms with E-state index in [2.05, 4.69) is 10.1 Å². The van der Waals surface area contributed by atoms with Crippen LogP contribution in [0.5, 0.6) is 5.75 Å². The average molecular weight is 356 g/mol. The summed E-state index contributed by atoms with van der Waals surface area (Å²) in [5.74, 6) is -0.932. The predicted molar refractivity (Wildman–Crippen MR) is 84.3 cm³/mol. The second-order valence-electron chi connectivity index (χ2n) is 5.15. The van der Waals surface area contributed by atoms with Gasteiger partial charge in [0.05, 0.1) is 25.8 Å². The number of carbonyl (C=O) groups excluding carboxylic acids is 2. The number of amides is 1. The Hall–Kier alpha value is -2.68. The van der Waals surface area contributed by atoms with Crippen molar-refractivity contribution in [2.24, 2.45) is 0 Å². The second kappa shape index (κ2) is 8.43. The maximum absolute atomic E-state index is 12.4. The Bertz CT molecular complexity index is 678. The molecule has 25 heavy (non-hydrogen) atoms. The van der Waals surface area contributed by atoms with E-state index >= 15 is 0 Å². The number of benzene rings is 1. The first-order valence-corrected chi connectivity index (χ1v) is 7.46. The van der Waals surface area contributed by atoms with E-state index in [1.54, 1.807) is 12.1 Å². The lowest BCUT2D eigenvalue weighted by atomic mass is 10.2. The minimum absolute atomic E-state index is 0.00989. The van der Waals surface area contributed by atoms with E-state index in [-0.39, 0.29) is 36.7 Å². The first-order valence-electron chi connectivity index (χ1n) is 7.46. The lowest BCUT2D eigenvalue weighted by Crippen LogP contribution is -2.31. The van der Waals surface area contributed by atoms with Crippen LogP contribution in [0.4, 0.5) is 14.5 Å². The largest absolute Gasteiger partial charge is 0.488 e. The van der Waals surface area contributed by atoms with Gasteiger partial charge in [0.15, 0.2) is 0 Å². The molecule has 7 nitrogen and oxygen atoms in total. The van der Waals surface area contributed by atoms with Gasteiger partial charge >= 0.3 is 5.97 Å². The van der Waals surface area contributed by atoms with E-state index in [1.807, 2.05) is 0 Å². The van der Waals surface area contributed by atoms with Crippen LogP contribution < -0.4 is 10.1 Å². The van der Waals surface area contributed by atoms with Crippen molar-refractivity contribution < 1.29 is 33.0 Å². The van der Waals surface area contributed by atoms with E-state index in [0.29, 0.717) is 5.69 Å². The number of halogens is 2. The van der Waals surface area contributed by atoms with Gasteiger partial charge in [0.2, 0.25) is 0 Å². The van der Waals surface area contributed by atoms with Crippen LogP contribution in [0, 0.1) is 0 Å². The lowest BCUT2D eigenvalue weighted by molar-refractivity contribution is -0.136. The van der Waals surface area contributed by atoms with Crippen molar-refractivity contribution in [2.75, 3.05) is 38.7 Å². The van der Waals surface area contributed by atoms with Crippen molar-refractivity contribution in [3.05, 3.63) is 35.5 Å². The molecule has 0 radical (unpaired) electrons. The normalized spacial score (nSPS) is 14.3. The number of hydrogen-bond acceptors (Lipinski definition) is 6. The van der Waals surface area contributed by atoms with Gasteiger partial charge in [0.25, 0.3) is 12.3 Å². The number of carbonyl (C=O) groups is 2. The van der Waals surface area contributed by atoms with Crippen molar-refractivity contribution in [3.8, 4) is 5.75 Å². The summed E-state index contributed by atoms with van der Waals surface area (Å²) in [4.78, 5) is 25.6. The van der Waals surface area contributed by atoms with E-state index in [1.165, 1.54) is 24.1 Å². The zero-order chi connectivity index (χ0) is 18.4. The fourth-order valence-electron chi connectivity index (χ4n) is 2.32. The third-order valence-corrected chi connectivity index (χ3v) is 3.43. The highest BCUT2D eigenvalue weighted by atomic mass is 19.3. The fraction of sp³-hybridized carbons (Fsp3) is 0.375. The number of alkyl halides is 2. The van der Waals surface area contributed by atoms with Crippen molar-refractivity contribution in [2.45, 2.75) is 6.43 Å². The molecule has 1 amide bonds.